The summed E-state index contributed by atoms with van der Waals surface area (Å²) >= 11 is 1.13. The molecule has 0 radical (unpaired) electrons. The summed E-state index contributed by atoms with van der Waals surface area (Å²) in [6.45, 7) is 9.65. The Labute approximate surface area is 178 Å². The van der Waals surface area contributed by atoms with Gasteiger partial charge in [-0.3, -0.25) is 14.2 Å². The number of ether oxygens (including phenoxy) is 1. The second kappa shape index (κ2) is 8.79. The molecule has 7 nitrogen and oxygen atoms in total. The Morgan fingerprint density at radius 3 is 2.47 bits per heavy atom. The molecule has 2 heterocycles. The quantitative estimate of drug-likeness (QED) is 0.604. The van der Waals surface area contributed by atoms with E-state index in [-0.39, 0.29) is 23.9 Å². The van der Waals surface area contributed by atoms with Crippen LogP contribution in [0, 0.1) is 26.7 Å². The topological polar surface area (TPSA) is 90.3 Å². The van der Waals surface area contributed by atoms with Crippen molar-refractivity contribution in [2.45, 2.75) is 41.2 Å². The molecule has 3 aromatic rings. The lowest BCUT2D eigenvalue weighted by atomic mass is 10.1. The van der Waals surface area contributed by atoms with E-state index in [0.717, 1.165) is 22.5 Å². The van der Waals surface area contributed by atoms with Gasteiger partial charge in [-0.2, -0.15) is 0 Å². The van der Waals surface area contributed by atoms with Crippen LogP contribution in [0.25, 0.3) is 10.2 Å². The Balaban J connectivity index is 1.84. The van der Waals surface area contributed by atoms with E-state index in [4.69, 9.17) is 4.74 Å². The van der Waals surface area contributed by atoms with E-state index in [9.17, 15) is 14.4 Å². The minimum Gasteiger partial charge on any atom is -0.461 e. The highest BCUT2D eigenvalue weighted by atomic mass is 32.1. The molecular weight excluding hydrogens is 402 g/mol. The van der Waals surface area contributed by atoms with Gasteiger partial charge in [-0.05, 0) is 55.5 Å². The number of aromatic nitrogens is 2. The fraction of sp³-hybridized carbons (Fsp3) is 0.364. The number of benzene rings is 1. The molecule has 0 unspecified atom stereocenters. The van der Waals surface area contributed by atoms with Gasteiger partial charge >= 0.3 is 5.97 Å². The number of nitrogens with zero attached hydrogens (tertiary/aromatic N) is 2. The maximum Gasteiger partial charge on any atom is 0.348 e. The molecular formula is C22H25N3O4S. The first-order valence-corrected chi connectivity index (χ1v) is 10.5. The average Bonchev–Trinajstić information content (AvgIpc) is 2.98. The van der Waals surface area contributed by atoms with Crippen LogP contribution in [-0.4, -0.2) is 28.0 Å². The molecule has 158 valence electrons. The van der Waals surface area contributed by atoms with Gasteiger partial charge in [0.05, 0.1) is 18.3 Å². The summed E-state index contributed by atoms with van der Waals surface area (Å²) in [6.07, 6.45) is 1.34. The third-order valence-corrected chi connectivity index (χ3v) is 5.65. The van der Waals surface area contributed by atoms with E-state index in [1.807, 2.05) is 45.9 Å². The maximum absolute atomic E-state index is 12.9. The van der Waals surface area contributed by atoms with Crippen molar-refractivity contribution >= 4 is 39.1 Å². The van der Waals surface area contributed by atoms with Crippen LogP contribution in [-0.2, 0) is 16.1 Å². The molecule has 0 fully saturated rings. The number of thiophene rings is 1. The number of nitrogens with one attached hydrogen (secondary N) is 1. The second-order valence-corrected chi connectivity index (χ2v) is 8.83. The summed E-state index contributed by atoms with van der Waals surface area (Å²) in [6, 6.07) is 5.75. The highest BCUT2D eigenvalue weighted by Gasteiger charge is 2.21. The smallest absolute Gasteiger partial charge is 0.348 e. The third kappa shape index (κ3) is 4.76. The summed E-state index contributed by atoms with van der Waals surface area (Å²) < 4.78 is 6.54. The van der Waals surface area contributed by atoms with Crippen LogP contribution in [0.5, 0.6) is 0 Å². The van der Waals surface area contributed by atoms with Crippen molar-refractivity contribution < 1.29 is 14.3 Å². The molecule has 0 aliphatic heterocycles. The normalized spacial score (nSPS) is 11.1. The van der Waals surface area contributed by atoms with Gasteiger partial charge in [0.25, 0.3) is 5.56 Å². The Hall–Kier alpha value is -3.00. The van der Waals surface area contributed by atoms with Crippen LogP contribution < -0.4 is 10.9 Å². The standard InChI is InChI=1S/C22H25N3O4S/c1-12(2)10-29-22(28)19-15(5)18-20(30-19)23-11-25(21(18)27)9-17(26)24-16-7-13(3)6-14(4)8-16/h6-8,11-12H,9-10H2,1-5H3,(H,24,26). The first-order chi connectivity index (χ1) is 14.2. The van der Waals surface area contributed by atoms with Crippen molar-refractivity contribution in [3.05, 3.63) is 56.4 Å². The predicted molar refractivity (Wildman–Crippen MR) is 118 cm³/mol. The van der Waals surface area contributed by atoms with Gasteiger partial charge in [0.1, 0.15) is 16.3 Å². The van der Waals surface area contributed by atoms with Gasteiger partial charge in [-0.25, -0.2) is 9.78 Å². The summed E-state index contributed by atoms with van der Waals surface area (Å²) in [7, 11) is 0. The van der Waals surface area contributed by atoms with Crippen LogP contribution in [0.1, 0.15) is 40.2 Å². The minimum atomic E-state index is -0.456. The van der Waals surface area contributed by atoms with Crippen LogP contribution >= 0.6 is 11.3 Å². The van der Waals surface area contributed by atoms with Gasteiger partial charge in [-0.15, -0.1) is 11.3 Å². The second-order valence-electron chi connectivity index (χ2n) is 7.83. The number of amides is 1. The molecule has 1 aromatic carbocycles. The van der Waals surface area contributed by atoms with E-state index >= 15 is 0 Å². The Morgan fingerprint density at radius 2 is 1.83 bits per heavy atom. The molecule has 0 spiro atoms. The molecule has 0 bridgehead atoms. The predicted octanol–water partition coefficient (Wildman–Crippen LogP) is 3.83. The summed E-state index contributed by atoms with van der Waals surface area (Å²) in [5.41, 5.74) is 2.94. The lowest BCUT2D eigenvalue weighted by Gasteiger charge is -2.09. The van der Waals surface area contributed by atoms with Crippen molar-refractivity contribution in [3.8, 4) is 0 Å². The van der Waals surface area contributed by atoms with E-state index in [1.54, 1.807) is 6.92 Å². The van der Waals surface area contributed by atoms with Crippen molar-refractivity contribution in [2.75, 3.05) is 11.9 Å². The highest BCUT2D eigenvalue weighted by Crippen LogP contribution is 2.27. The number of fused-ring (bicyclic) bond motifs is 1. The lowest BCUT2D eigenvalue weighted by molar-refractivity contribution is -0.116. The molecule has 8 heteroatoms. The van der Waals surface area contributed by atoms with E-state index in [1.165, 1.54) is 10.9 Å². The molecule has 2 aromatic heterocycles. The van der Waals surface area contributed by atoms with Crippen molar-refractivity contribution in [1.29, 1.82) is 0 Å². The first-order valence-electron chi connectivity index (χ1n) is 9.69. The number of hydrogen-bond donors (Lipinski definition) is 1. The van der Waals surface area contributed by atoms with Crippen LogP contribution in [0.3, 0.4) is 0 Å². The van der Waals surface area contributed by atoms with Crippen LogP contribution in [0.2, 0.25) is 0 Å². The van der Waals surface area contributed by atoms with E-state index in [2.05, 4.69) is 10.3 Å². The van der Waals surface area contributed by atoms with Crippen LogP contribution in [0.4, 0.5) is 5.69 Å². The molecule has 3 rings (SSSR count). The molecule has 0 saturated heterocycles. The Bertz CT molecular complexity index is 1160. The maximum atomic E-state index is 12.9. The fourth-order valence-corrected chi connectivity index (χ4v) is 4.21. The largest absolute Gasteiger partial charge is 0.461 e. The number of aryl methyl sites for hydroxylation is 3. The molecule has 1 N–H and O–H groups in total. The minimum absolute atomic E-state index is 0.169. The van der Waals surface area contributed by atoms with Crippen molar-refractivity contribution in [3.63, 3.8) is 0 Å². The number of carbonyl (C=O) groups excluding carboxylic acids is 2. The molecule has 30 heavy (non-hydrogen) atoms. The average molecular weight is 428 g/mol. The summed E-state index contributed by atoms with van der Waals surface area (Å²) in [4.78, 5) is 42.9. The first kappa shape index (κ1) is 21.7. The summed E-state index contributed by atoms with van der Waals surface area (Å²) in [5, 5.41) is 3.16. The van der Waals surface area contributed by atoms with Gasteiger partial charge in [-0.1, -0.05) is 19.9 Å². The monoisotopic (exact) mass is 427 g/mol. The SMILES string of the molecule is Cc1cc(C)cc(NC(=O)Cn2cnc3sc(C(=O)OCC(C)C)c(C)c3c2=O)c1. The molecule has 0 aliphatic rings. The van der Waals surface area contributed by atoms with Crippen molar-refractivity contribution in [2.24, 2.45) is 5.92 Å². The lowest BCUT2D eigenvalue weighted by Crippen LogP contribution is -2.28. The van der Waals surface area contributed by atoms with E-state index < -0.39 is 5.97 Å². The number of esters is 1. The number of carbonyl (C=O) groups is 2. The number of rotatable bonds is 6. The van der Waals surface area contributed by atoms with Crippen LogP contribution in [0.15, 0.2) is 29.3 Å². The fourth-order valence-electron chi connectivity index (χ4n) is 3.18. The zero-order valence-corrected chi connectivity index (χ0v) is 18.6. The van der Waals surface area contributed by atoms with Gasteiger partial charge < -0.3 is 10.1 Å². The highest BCUT2D eigenvalue weighted by molar-refractivity contribution is 7.20. The van der Waals surface area contributed by atoms with Crippen molar-refractivity contribution in [1.82, 2.24) is 9.55 Å². The number of hydrogen-bond acceptors (Lipinski definition) is 6. The zero-order chi connectivity index (χ0) is 22.0. The number of anilines is 1. The third-order valence-electron chi connectivity index (χ3n) is 4.47. The molecule has 1 amide bonds. The molecule has 0 atom stereocenters. The molecule has 0 saturated carbocycles. The Morgan fingerprint density at radius 1 is 1.17 bits per heavy atom. The van der Waals surface area contributed by atoms with Gasteiger partial charge in [0, 0.05) is 5.69 Å². The molecule has 0 aliphatic carbocycles. The van der Waals surface area contributed by atoms with E-state index in [0.29, 0.717) is 33.0 Å². The van der Waals surface area contributed by atoms with Gasteiger partial charge in [0.15, 0.2) is 0 Å². The Kier molecular flexibility index (Phi) is 6.36. The summed E-state index contributed by atoms with van der Waals surface area (Å²) in [5.74, 6) is -0.565. The zero-order valence-electron chi connectivity index (χ0n) is 17.7. The van der Waals surface area contributed by atoms with Gasteiger partial charge in [0.2, 0.25) is 5.91 Å².